The van der Waals surface area contributed by atoms with Crippen molar-refractivity contribution in [3.63, 3.8) is 0 Å². The predicted octanol–water partition coefficient (Wildman–Crippen LogP) is 7.08. The molecule has 32 heavy (non-hydrogen) atoms. The first-order chi connectivity index (χ1) is 15.4. The number of hydrogen-bond acceptors (Lipinski definition) is 4. The molecule has 0 saturated heterocycles. The van der Waals surface area contributed by atoms with Gasteiger partial charge < -0.3 is 9.15 Å². The Morgan fingerprint density at radius 2 is 1.75 bits per heavy atom. The Bertz CT molecular complexity index is 1400. The van der Waals surface area contributed by atoms with E-state index in [2.05, 4.69) is 4.90 Å². The third-order valence-corrected chi connectivity index (χ3v) is 6.59. The van der Waals surface area contributed by atoms with E-state index in [1.165, 1.54) is 0 Å². The van der Waals surface area contributed by atoms with E-state index in [0.29, 0.717) is 57.2 Å². The second kappa shape index (κ2) is 8.45. The van der Waals surface area contributed by atoms with Crippen LogP contribution in [-0.2, 0) is 13.1 Å². The van der Waals surface area contributed by atoms with E-state index in [9.17, 15) is 4.79 Å². The minimum atomic E-state index is -0.0736. The topological polar surface area (TPSA) is 42.7 Å². The zero-order valence-corrected chi connectivity index (χ0v) is 19.4. The summed E-state index contributed by atoms with van der Waals surface area (Å²) in [6.07, 6.45) is 0. The van der Waals surface area contributed by atoms with E-state index in [1.807, 2.05) is 30.3 Å². The molecule has 0 N–H and O–H groups in total. The number of fused-ring (bicyclic) bond motifs is 3. The lowest BCUT2D eigenvalue weighted by molar-refractivity contribution is 0.0890. The monoisotopic (exact) mass is 485 g/mol. The molecule has 0 unspecified atom stereocenters. The van der Waals surface area contributed by atoms with Gasteiger partial charge in [0, 0.05) is 18.1 Å². The second-order valence-corrected chi connectivity index (χ2v) is 9.05. The summed E-state index contributed by atoms with van der Waals surface area (Å²) < 4.78 is 12.2. The summed E-state index contributed by atoms with van der Waals surface area (Å²) in [7, 11) is 0. The fourth-order valence-electron chi connectivity index (χ4n) is 4.07. The Labute approximate surface area is 199 Å². The summed E-state index contributed by atoms with van der Waals surface area (Å²) in [6, 6.07) is 16.4. The molecular weight excluding hydrogens is 469 g/mol. The first-order valence-electron chi connectivity index (χ1n) is 10.0. The van der Waals surface area contributed by atoms with Crippen LogP contribution >= 0.6 is 34.8 Å². The fourth-order valence-corrected chi connectivity index (χ4v) is 4.51. The van der Waals surface area contributed by atoms with E-state index in [4.69, 9.17) is 44.0 Å². The zero-order chi connectivity index (χ0) is 22.4. The van der Waals surface area contributed by atoms with Gasteiger partial charge in [0.15, 0.2) is 0 Å². The summed E-state index contributed by atoms with van der Waals surface area (Å²) in [6.45, 7) is 3.43. The van der Waals surface area contributed by atoms with Gasteiger partial charge in [-0.2, -0.15) is 0 Å². The summed E-state index contributed by atoms with van der Waals surface area (Å²) in [4.78, 5) is 15.5. The molecule has 5 rings (SSSR count). The number of rotatable bonds is 3. The van der Waals surface area contributed by atoms with E-state index in [0.717, 1.165) is 22.4 Å². The Balaban J connectivity index is 1.54. The first-order valence-corrected chi connectivity index (χ1v) is 11.2. The molecule has 0 amide bonds. The molecule has 1 aromatic heterocycles. The highest BCUT2D eigenvalue weighted by atomic mass is 35.5. The maximum absolute atomic E-state index is 13.4. The second-order valence-electron chi connectivity index (χ2n) is 7.80. The standard InChI is InChI=1S/C25H18Cl3NO3/c1-14-23(16-3-5-17(26)6-4-16)24(30)18-7-9-22-19(25(18)32-14)12-29(13-31-22)11-15-2-8-20(27)21(28)10-15/h2-10H,11-13H2,1H3. The quantitative estimate of drug-likeness (QED) is 0.310. The highest BCUT2D eigenvalue weighted by Gasteiger charge is 2.24. The van der Waals surface area contributed by atoms with Crippen LogP contribution in [0.3, 0.4) is 0 Å². The van der Waals surface area contributed by atoms with Crippen molar-refractivity contribution in [3.05, 3.63) is 96.8 Å². The minimum absolute atomic E-state index is 0.0736. The smallest absolute Gasteiger partial charge is 0.200 e. The molecule has 0 atom stereocenters. The zero-order valence-electron chi connectivity index (χ0n) is 17.1. The van der Waals surface area contributed by atoms with E-state index in [-0.39, 0.29) is 5.43 Å². The SMILES string of the molecule is Cc1oc2c3c(ccc2c(=O)c1-c1ccc(Cl)cc1)OCN(Cc1ccc(Cl)c(Cl)c1)C3. The molecule has 0 aliphatic carbocycles. The average molecular weight is 487 g/mol. The summed E-state index contributed by atoms with van der Waals surface area (Å²) in [5.74, 6) is 1.28. The molecule has 1 aliphatic rings. The number of aryl methyl sites for hydroxylation is 1. The Kier molecular flexibility index (Phi) is 5.64. The molecule has 0 saturated carbocycles. The van der Waals surface area contributed by atoms with Crippen LogP contribution in [0.4, 0.5) is 0 Å². The highest BCUT2D eigenvalue weighted by molar-refractivity contribution is 6.42. The van der Waals surface area contributed by atoms with Crippen LogP contribution in [0.2, 0.25) is 15.1 Å². The Hall–Kier alpha value is -2.50. The lowest BCUT2D eigenvalue weighted by Gasteiger charge is -2.29. The van der Waals surface area contributed by atoms with Crippen molar-refractivity contribution in [1.82, 2.24) is 4.90 Å². The molecular formula is C25H18Cl3NO3. The van der Waals surface area contributed by atoms with Crippen LogP contribution in [0.15, 0.2) is 63.8 Å². The van der Waals surface area contributed by atoms with Gasteiger partial charge in [-0.05, 0) is 54.4 Å². The van der Waals surface area contributed by atoms with E-state index < -0.39 is 0 Å². The van der Waals surface area contributed by atoms with Gasteiger partial charge >= 0.3 is 0 Å². The Morgan fingerprint density at radius 1 is 0.969 bits per heavy atom. The highest BCUT2D eigenvalue weighted by Crippen LogP contribution is 2.34. The van der Waals surface area contributed by atoms with Gasteiger partial charge in [-0.1, -0.05) is 53.0 Å². The van der Waals surface area contributed by atoms with Crippen molar-refractivity contribution in [2.24, 2.45) is 0 Å². The third kappa shape index (κ3) is 3.89. The van der Waals surface area contributed by atoms with Gasteiger partial charge in [0.05, 0.1) is 26.6 Å². The summed E-state index contributed by atoms with van der Waals surface area (Å²) >= 11 is 18.2. The number of halogens is 3. The molecule has 3 aromatic carbocycles. The van der Waals surface area contributed by atoms with Crippen LogP contribution in [0.5, 0.6) is 5.75 Å². The van der Waals surface area contributed by atoms with Crippen molar-refractivity contribution in [2.75, 3.05) is 6.73 Å². The molecule has 7 heteroatoms. The minimum Gasteiger partial charge on any atom is -0.478 e. The predicted molar refractivity (Wildman–Crippen MR) is 129 cm³/mol. The van der Waals surface area contributed by atoms with Gasteiger partial charge in [-0.25, -0.2) is 0 Å². The first kappa shape index (κ1) is 21.4. The molecule has 0 fully saturated rings. The lowest BCUT2D eigenvalue weighted by Crippen LogP contribution is -2.31. The molecule has 0 spiro atoms. The van der Waals surface area contributed by atoms with Crippen LogP contribution < -0.4 is 10.2 Å². The van der Waals surface area contributed by atoms with Crippen molar-refractivity contribution in [1.29, 1.82) is 0 Å². The Morgan fingerprint density at radius 3 is 2.50 bits per heavy atom. The number of nitrogens with zero attached hydrogens (tertiary/aromatic N) is 1. The largest absolute Gasteiger partial charge is 0.478 e. The maximum atomic E-state index is 13.4. The van der Waals surface area contributed by atoms with Crippen LogP contribution in [0, 0.1) is 6.92 Å². The van der Waals surface area contributed by atoms with E-state index >= 15 is 0 Å². The van der Waals surface area contributed by atoms with Gasteiger partial charge in [0.25, 0.3) is 0 Å². The third-order valence-electron chi connectivity index (χ3n) is 5.60. The average Bonchev–Trinajstić information content (AvgIpc) is 2.77. The van der Waals surface area contributed by atoms with Crippen LogP contribution in [0.25, 0.3) is 22.1 Å². The lowest BCUT2D eigenvalue weighted by atomic mass is 10.0. The molecule has 4 aromatic rings. The molecule has 0 radical (unpaired) electrons. The van der Waals surface area contributed by atoms with Crippen LogP contribution in [0.1, 0.15) is 16.9 Å². The normalized spacial score (nSPS) is 13.8. The van der Waals surface area contributed by atoms with Gasteiger partial charge in [0.2, 0.25) is 5.43 Å². The summed E-state index contributed by atoms with van der Waals surface area (Å²) in [5, 5.41) is 2.18. The van der Waals surface area contributed by atoms with Crippen molar-refractivity contribution >= 4 is 45.8 Å². The maximum Gasteiger partial charge on any atom is 0.200 e. The molecule has 4 nitrogen and oxygen atoms in total. The number of benzene rings is 3. The van der Waals surface area contributed by atoms with E-state index in [1.54, 1.807) is 31.2 Å². The van der Waals surface area contributed by atoms with Gasteiger partial charge in [-0.3, -0.25) is 9.69 Å². The fraction of sp³-hybridized carbons (Fsp3) is 0.160. The number of ether oxygens (including phenoxy) is 1. The molecule has 2 heterocycles. The van der Waals surface area contributed by atoms with Crippen molar-refractivity contribution in [2.45, 2.75) is 20.0 Å². The molecule has 1 aliphatic heterocycles. The molecule has 0 bridgehead atoms. The molecule has 162 valence electrons. The van der Waals surface area contributed by atoms with Crippen molar-refractivity contribution < 1.29 is 9.15 Å². The van der Waals surface area contributed by atoms with Crippen LogP contribution in [-0.4, -0.2) is 11.6 Å². The summed E-state index contributed by atoms with van der Waals surface area (Å²) in [5.41, 5.74) is 3.68. The van der Waals surface area contributed by atoms with Gasteiger partial charge in [-0.15, -0.1) is 0 Å². The van der Waals surface area contributed by atoms with Crippen molar-refractivity contribution in [3.8, 4) is 16.9 Å². The number of hydrogen-bond donors (Lipinski definition) is 0. The van der Waals surface area contributed by atoms with Gasteiger partial charge in [0.1, 0.15) is 23.8 Å².